The molecule has 2 aromatic heterocycles. The maximum atomic E-state index is 12.1. The van der Waals surface area contributed by atoms with Crippen molar-refractivity contribution < 1.29 is 4.79 Å². The van der Waals surface area contributed by atoms with Crippen molar-refractivity contribution in [3.63, 3.8) is 0 Å². The van der Waals surface area contributed by atoms with Gasteiger partial charge in [0, 0.05) is 35.2 Å². The van der Waals surface area contributed by atoms with Crippen molar-refractivity contribution in [1.82, 2.24) is 9.97 Å². The number of nitrogen functional groups attached to an aromatic ring is 1. The van der Waals surface area contributed by atoms with Gasteiger partial charge >= 0.3 is 0 Å². The van der Waals surface area contributed by atoms with E-state index in [1.807, 2.05) is 39.1 Å². The molecule has 3 aromatic rings. The number of nitrogens with one attached hydrogen (secondary N) is 1. The zero-order chi connectivity index (χ0) is 20.4. The van der Waals surface area contributed by atoms with E-state index in [0.717, 1.165) is 45.0 Å². The molecule has 1 aliphatic carbocycles. The summed E-state index contributed by atoms with van der Waals surface area (Å²) in [6.07, 6.45) is 6.11. The van der Waals surface area contributed by atoms with Gasteiger partial charge in [-0.2, -0.15) is 0 Å². The van der Waals surface area contributed by atoms with Crippen LogP contribution in [0.4, 0.5) is 11.5 Å². The van der Waals surface area contributed by atoms with E-state index in [1.54, 1.807) is 12.4 Å². The van der Waals surface area contributed by atoms with Crippen LogP contribution in [-0.2, 0) is 4.79 Å². The molecule has 28 heavy (non-hydrogen) atoms. The molecule has 0 aliphatic heterocycles. The summed E-state index contributed by atoms with van der Waals surface area (Å²) in [7, 11) is 0. The number of hydrogen-bond acceptors (Lipinski definition) is 4. The second kappa shape index (κ2) is 7.80. The van der Waals surface area contributed by atoms with Crippen molar-refractivity contribution in [2.45, 2.75) is 34.1 Å². The lowest BCUT2D eigenvalue weighted by molar-refractivity contribution is -0.117. The van der Waals surface area contributed by atoms with Crippen LogP contribution in [0.15, 0.2) is 48.9 Å². The Bertz CT molecular complexity index is 1070. The molecule has 1 atom stereocenters. The summed E-state index contributed by atoms with van der Waals surface area (Å²) in [4.78, 5) is 20.7. The Kier molecular flexibility index (Phi) is 5.45. The van der Waals surface area contributed by atoms with Crippen LogP contribution in [0.1, 0.15) is 31.4 Å². The Morgan fingerprint density at radius 1 is 1.21 bits per heavy atom. The fourth-order valence-corrected chi connectivity index (χ4v) is 3.22. The average Bonchev–Trinajstić information content (AvgIpc) is 3.44. The first-order chi connectivity index (χ1) is 13.5. The fourth-order valence-electron chi connectivity index (χ4n) is 3.22. The number of amides is 1. The van der Waals surface area contributed by atoms with E-state index in [1.165, 1.54) is 0 Å². The molecular formula is C23H26N4O. The highest BCUT2D eigenvalue weighted by Gasteiger charge is 2.34. The molecule has 0 spiro atoms. The van der Waals surface area contributed by atoms with Crippen molar-refractivity contribution in [1.29, 1.82) is 0 Å². The van der Waals surface area contributed by atoms with Gasteiger partial charge in [0.15, 0.2) is 0 Å². The van der Waals surface area contributed by atoms with E-state index in [9.17, 15) is 4.79 Å². The summed E-state index contributed by atoms with van der Waals surface area (Å²) < 4.78 is 0. The third-order valence-corrected chi connectivity index (χ3v) is 5.03. The van der Waals surface area contributed by atoms with Gasteiger partial charge in [-0.1, -0.05) is 26.0 Å². The Morgan fingerprint density at radius 2 is 1.93 bits per heavy atom. The highest BCUT2D eigenvalue weighted by atomic mass is 16.2. The van der Waals surface area contributed by atoms with Crippen molar-refractivity contribution in [3.05, 3.63) is 60.1 Å². The number of nitrogens with zero attached hydrogens (tertiary/aromatic N) is 2. The Morgan fingerprint density at radius 3 is 2.57 bits per heavy atom. The maximum absolute atomic E-state index is 12.1. The number of benzene rings is 1. The predicted molar refractivity (Wildman–Crippen MR) is 116 cm³/mol. The van der Waals surface area contributed by atoms with Gasteiger partial charge in [-0.3, -0.25) is 9.78 Å². The van der Waals surface area contributed by atoms with Crippen LogP contribution >= 0.6 is 0 Å². The summed E-state index contributed by atoms with van der Waals surface area (Å²) in [6.45, 7) is 11.9. The number of nitrogens with two attached hydrogens (primary N) is 1. The zero-order valence-corrected chi connectivity index (χ0v) is 16.8. The van der Waals surface area contributed by atoms with Crippen LogP contribution in [0.5, 0.6) is 0 Å². The second-order valence-corrected chi connectivity index (χ2v) is 6.85. The monoisotopic (exact) mass is 374 g/mol. The van der Waals surface area contributed by atoms with Gasteiger partial charge < -0.3 is 11.1 Å². The topological polar surface area (TPSA) is 80.9 Å². The van der Waals surface area contributed by atoms with Gasteiger partial charge in [-0.15, -0.1) is 0 Å². The molecule has 1 saturated carbocycles. The third kappa shape index (κ3) is 3.60. The number of carbonyl (C=O) groups excluding carboxylic acids is 1. The summed E-state index contributed by atoms with van der Waals surface area (Å²) in [6, 6.07) is 5.93. The number of fused-ring (bicyclic) bond motifs is 1. The first-order valence-corrected chi connectivity index (χ1v) is 9.54. The molecule has 144 valence electrons. The first-order valence-electron chi connectivity index (χ1n) is 9.54. The molecule has 0 bridgehead atoms. The molecule has 1 aromatic carbocycles. The molecule has 1 amide bonds. The predicted octanol–water partition coefficient (Wildman–Crippen LogP) is 5.04. The number of aryl methyl sites for hydroxylation is 1. The van der Waals surface area contributed by atoms with Gasteiger partial charge in [0.05, 0.1) is 5.92 Å². The van der Waals surface area contributed by atoms with E-state index in [-0.39, 0.29) is 11.8 Å². The first kappa shape index (κ1) is 19.5. The minimum atomic E-state index is -0.0795. The van der Waals surface area contributed by atoms with Crippen LogP contribution in [-0.4, -0.2) is 15.9 Å². The van der Waals surface area contributed by atoms with Crippen LogP contribution in [0.25, 0.3) is 21.9 Å². The Labute approximate surface area is 165 Å². The van der Waals surface area contributed by atoms with E-state index in [2.05, 4.69) is 34.9 Å². The maximum Gasteiger partial charge on any atom is 0.233 e. The smallest absolute Gasteiger partial charge is 0.233 e. The number of hydrogen-bond donors (Lipinski definition) is 2. The van der Waals surface area contributed by atoms with E-state index >= 15 is 0 Å². The molecule has 1 aliphatic rings. The standard InChI is InChI=1S/C21H20N4O.C2H6/c1-11-4-5-23-9-17(11)16-7-14-8-19(25-21(26)15-6-12(15)2)24-10-18(14)20(22)13(16)3;1-2/h4-5,7-10,15H,2,6,22H2,1,3H3,(H,24,25,26);1-2H3. The lowest BCUT2D eigenvalue weighted by atomic mass is 9.94. The number of carbonyl (C=O) groups is 1. The molecule has 0 saturated heterocycles. The van der Waals surface area contributed by atoms with Crippen LogP contribution in [0.2, 0.25) is 0 Å². The van der Waals surface area contributed by atoms with Crippen molar-refractivity contribution in [3.8, 4) is 11.1 Å². The number of aromatic nitrogens is 2. The normalized spacial score (nSPS) is 15.0. The summed E-state index contributed by atoms with van der Waals surface area (Å²) in [5, 5.41) is 4.68. The fraction of sp³-hybridized carbons (Fsp3) is 0.261. The highest BCUT2D eigenvalue weighted by molar-refractivity contribution is 6.02. The molecule has 3 N–H and O–H groups in total. The van der Waals surface area contributed by atoms with Crippen LogP contribution in [0.3, 0.4) is 0 Å². The molecule has 4 rings (SSSR count). The summed E-state index contributed by atoms with van der Waals surface area (Å²) >= 11 is 0. The molecular weight excluding hydrogens is 348 g/mol. The lowest BCUT2D eigenvalue weighted by Crippen LogP contribution is -2.14. The van der Waals surface area contributed by atoms with Crippen LogP contribution < -0.4 is 11.1 Å². The third-order valence-electron chi connectivity index (χ3n) is 5.03. The number of rotatable bonds is 3. The van der Waals surface area contributed by atoms with Crippen molar-refractivity contribution in [2.24, 2.45) is 5.92 Å². The second-order valence-electron chi connectivity index (χ2n) is 6.85. The lowest BCUT2D eigenvalue weighted by Gasteiger charge is -2.14. The largest absolute Gasteiger partial charge is 0.398 e. The highest BCUT2D eigenvalue weighted by Crippen LogP contribution is 2.37. The van der Waals surface area contributed by atoms with Gasteiger partial charge in [-0.05, 0) is 60.5 Å². The van der Waals surface area contributed by atoms with Crippen molar-refractivity contribution >= 4 is 28.2 Å². The van der Waals surface area contributed by atoms with Gasteiger partial charge in [0.25, 0.3) is 0 Å². The van der Waals surface area contributed by atoms with E-state index in [0.29, 0.717) is 11.5 Å². The number of pyridine rings is 2. The molecule has 1 unspecified atom stereocenters. The minimum Gasteiger partial charge on any atom is -0.398 e. The summed E-state index contributed by atoms with van der Waals surface area (Å²) in [5.41, 5.74) is 12.3. The van der Waals surface area contributed by atoms with Crippen LogP contribution in [0, 0.1) is 19.8 Å². The Hall–Kier alpha value is -3.21. The Balaban J connectivity index is 0.00000109. The van der Waals surface area contributed by atoms with Gasteiger partial charge in [0.1, 0.15) is 5.82 Å². The minimum absolute atomic E-state index is 0.0507. The van der Waals surface area contributed by atoms with E-state index in [4.69, 9.17) is 5.73 Å². The average molecular weight is 374 g/mol. The van der Waals surface area contributed by atoms with Crippen molar-refractivity contribution in [2.75, 3.05) is 11.1 Å². The molecule has 2 heterocycles. The molecule has 5 heteroatoms. The van der Waals surface area contributed by atoms with Gasteiger partial charge in [-0.25, -0.2) is 4.98 Å². The van der Waals surface area contributed by atoms with E-state index < -0.39 is 0 Å². The zero-order valence-electron chi connectivity index (χ0n) is 16.8. The molecule has 1 fully saturated rings. The molecule has 0 radical (unpaired) electrons. The quantitative estimate of drug-likeness (QED) is 0.497. The SMILES string of the molecule is C=C1CC1C(=O)Nc1cc2cc(-c3cnccc3C)c(C)c(N)c2cn1.CC. The number of anilines is 2. The molecule has 5 nitrogen and oxygen atoms in total. The summed E-state index contributed by atoms with van der Waals surface area (Å²) in [5.74, 6) is 0.397. The van der Waals surface area contributed by atoms with Gasteiger partial charge in [0.2, 0.25) is 5.91 Å².